The van der Waals surface area contributed by atoms with E-state index in [1.165, 1.54) is 0 Å². The maximum Gasteiger partial charge on any atom is 0.251 e. The first-order valence-electron chi connectivity index (χ1n) is 10.1. The van der Waals surface area contributed by atoms with E-state index >= 15 is 0 Å². The van der Waals surface area contributed by atoms with Gasteiger partial charge in [-0.25, -0.2) is 4.98 Å². The number of fused-ring (bicyclic) bond motifs is 1. The molecule has 0 saturated heterocycles. The monoisotopic (exact) mass is 426 g/mol. The smallest absolute Gasteiger partial charge is 0.251 e. The van der Waals surface area contributed by atoms with Crippen LogP contribution in [0.5, 0.6) is 0 Å². The highest BCUT2D eigenvalue weighted by molar-refractivity contribution is 6.30. The molecule has 158 valence electrons. The standard InChI is InChI=1S/C23H27ClN4O2/c1-15(2)28(16(3)4)22(29)14-27-20-8-6-5-7-19(20)26-21(27)13-25-23(30)17-9-11-18(24)12-10-17/h5-12,15-16H,13-14H2,1-4H3,(H,25,30). The van der Waals surface area contributed by atoms with E-state index < -0.39 is 0 Å². The van der Waals surface area contributed by atoms with Crippen molar-refractivity contribution in [1.29, 1.82) is 0 Å². The summed E-state index contributed by atoms with van der Waals surface area (Å²) >= 11 is 5.89. The molecule has 0 unspecified atom stereocenters. The average Bonchev–Trinajstić information content (AvgIpc) is 3.03. The minimum Gasteiger partial charge on any atom is -0.345 e. The Balaban J connectivity index is 1.85. The Bertz CT molecular complexity index is 1030. The van der Waals surface area contributed by atoms with Gasteiger partial charge in [0.1, 0.15) is 12.4 Å². The molecule has 0 aliphatic carbocycles. The van der Waals surface area contributed by atoms with Gasteiger partial charge in [0.15, 0.2) is 0 Å². The van der Waals surface area contributed by atoms with Gasteiger partial charge < -0.3 is 14.8 Å². The molecule has 2 amide bonds. The summed E-state index contributed by atoms with van der Waals surface area (Å²) in [5, 5.41) is 3.47. The summed E-state index contributed by atoms with van der Waals surface area (Å²) in [6.07, 6.45) is 0. The highest BCUT2D eigenvalue weighted by atomic mass is 35.5. The third-order valence-corrected chi connectivity index (χ3v) is 5.19. The molecular formula is C23H27ClN4O2. The van der Waals surface area contributed by atoms with Crippen molar-refractivity contribution in [3.8, 4) is 0 Å². The van der Waals surface area contributed by atoms with Gasteiger partial charge in [0.05, 0.1) is 17.6 Å². The number of carbonyl (C=O) groups is 2. The van der Waals surface area contributed by atoms with Crippen LogP contribution in [0.25, 0.3) is 11.0 Å². The normalized spacial score (nSPS) is 11.3. The Kier molecular flexibility index (Phi) is 6.77. The topological polar surface area (TPSA) is 67.2 Å². The van der Waals surface area contributed by atoms with Crippen LogP contribution in [0.15, 0.2) is 48.5 Å². The van der Waals surface area contributed by atoms with Crippen LogP contribution in [-0.2, 0) is 17.9 Å². The van der Waals surface area contributed by atoms with E-state index in [-0.39, 0.29) is 37.0 Å². The predicted octanol–water partition coefficient (Wildman–Crippen LogP) is 4.27. The zero-order valence-corrected chi connectivity index (χ0v) is 18.5. The number of amides is 2. The fourth-order valence-electron chi connectivity index (χ4n) is 3.69. The van der Waals surface area contributed by atoms with Crippen LogP contribution >= 0.6 is 11.6 Å². The van der Waals surface area contributed by atoms with Crippen LogP contribution < -0.4 is 5.32 Å². The third-order valence-electron chi connectivity index (χ3n) is 4.94. The van der Waals surface area contributed by atoms with Crippen LogP contribution in [0.3, 0.4) is 0 Å². The first kappa shape index (κ1) is 21.8. The van der Waals surface area contributed by atoms with Gasteiger partial charge in [0.2, 0.25) is 5.91 Å². The molecule has 2 aromatic carbocycles. The summed E-state index contributed by atoms with van der Waals surface area (Å²) in [5.41, 5.74) is 2.18. The van der Waals surface area contributed by atoms with Gasteiger partial charge in [0.25, 0.3) is 5.91 Å². The number of hydrogen-bond acceptors (Lipinski definition) is 3. The first-order valence-corrected chi connectivity index (χ1v) is 10.4. The van der Waals surface area contributed by atoms with E-state index in [4.69, 9.17) is 11.6 Å². The summed E-state index contributed by atoms with van der Waals surface area (Å²) in [7, 11) is 0. The summed E-state index contributed by atoms with van der Waals surface area (Å²) in [6.45, 7) is 8.43. The Hall–Kier alpha value is -2.86. The summed E-state index contributed by atoms with van der Waals surface area (Å²) < 4.78 is 1.89. The van der Waals surface area contributed by atoms with Gasteiger partial charge >= 0.3 is 0 Å². The van der Waals surface area contributed by atoms with E-state index in [1.54, 1.807) is 24.3 Å². The highest BCUT2D eigenvalue weighted by Crippen LogP contribution is 2.18. The Morgan fingerprint density at radius 2 is 1.67 bits per heavy atom. The zero-order chi connectivity index (χ0) is 21.8. The molecule has 6 nitrogen and oxygen atoms in total. The lowest BCUT2D eigenvalue weighted by Crippen LogP contribution is -2.44. The van der Waals surface area contributed by atoms with Gasteiger partial charge in [-0.2, -0.15) is 0 Å². The van der Waals surface area contributed by atoms with Crippen LogP contribution in [0.1, 0.15) is 43.9 Å². The third kappa shape index (κ3) is 4.82. The summed E-state index contributed by atoms with van der Waals surface area (Å²) in [4.78, 5) is 32.1. The summed E-state index contributed by atoms with van der Waals surface area (Å²) in [5.74, 6) is 0.440. The minimum atomic E-state index is -0.220. The van der Waals surface area contributed by atoms with Crippen molar-refractivity contribution in [2.45, 2.75) is 52.9 Å². The van der Waals surface area contributed by atoms with Gasteiger partial charge in [-0.3, -0.25) is 9.59 Å². The fourth-order valence-corrected chi connectivity index (χ4v) is 3.81. The van der Waals surface area contributed by atoms with E-state index in [1.807, 2.05) is 61.4 Å². The number of halogens is 1. The lowest BCUT2D eigenvalue weighted by Gasteiger charge is -2.31. The Morgan fingerprint density at radius 3 is 2.30 bits per heavy atom. The number of carbonyl (C=O) groups excluding carboxylic acids is 2. The lowest BCUT2D eigenvalue weighted by molar-refractivity contribution is -0.135. The van der Waals surface area contributed by atoms with E-state index in [9.17, 15) is 9.59 Å². The van der Waals surface area contributed by atoms with Crippen molar-refractivity contribution >= 4 is 34.4 Å². The molecule has 1 aromatic heterocycles. The van der Waals surface area contributed by atoms with Crippen LogP contribution in [0.2, 0.25) is 5.02 Å². The maximum absolute atomic E-state index is 13.1. The van der Waals surface area contributed by atoms with Crippen LogP contribution in [0, 0.1) is 0 Å². The van der Waals surface area contributed by atoms with E-state index in [0.717, 1.165) is 11.0 Å². The number of nitrogens with zero attached hydrogens (tertiary/aromatic N) is 3. The maximum atomic E-state index is 13.1. The van der Waals surface area contributed by atoms with Crippen molar-refractivity contribution in [1.82, 2.24) is 19.8 Å². The number of benzene rings is 2. The number of imidazole rings is 1. The molecule has 0 aliphatic rings. The minimum absolute atomic E-state index is 0.0217. The molecule has 0 saturated carbocycles. The van der Waals surface area contributed by atoms with Crippen molar-refractivity contribution in [3.63, 3.8) is 0 Å². The van der Waals surface area contributed by atoms with Gasteiger partial charge in [-0.05, 0) is 64.1 Å². The molecule has 0 bridgehead atoms. The molecule has 3 rings (SSSR count). The van der Waals surface area contributed by atoms with Gasteiger partial charge in [0, 0.05) is 22.7 Å². The molecule has 1 heterocycles. The number of aromatic nitrogens is 2. The molecule has 0 radical (unpaired) electrons. The fraction of sp³-hybridized carbons (Fsp3) is 0.348. The van der Waals surface area contributed by atoms with Crippen molar-refractivity contribution in [3.05, 3.63) is 64.9 Å². The van der Waals surface area contributed by atoms with Crippen LogP contribution in [-0.4, -0.2) is 38.3 Å². The average molecular weight is 427 g/mol. The molecular weight excluding hydrogens is 400 g/mol. The van der Waals surface area contributed by atoms with E-state index in [0.29, 0.717) is 16.4 Å². The van der Waals surface area contributed by atoms with Crippen molar-refractivity contribution in [2.24, 2.45) is 0 Å². The lowest BCUT2D eigenvalue weighted by atomic mass is 10.2. The Labute approximate surface area is 181 Å². The number of hydrogen-bond donors (Lipinski definition) is 1. The zero-order valence-electron chi connectivity index (χ0n) is 17.7. The van der Waals surface area contributed by atoms with Crippen LogP contribution in [0.4, 0.5) is 0 Å². The SMILES string of the molecule is CC(C)N(C(=O)Cn1c(CNC(=O)c2ccc(Cl)cc2)nc2ccccc21)C(C)C. The van der Waals surface area contributed by atoms with Gasteiger partial charge in [-0.1, -0.05) is 23.7 Å². The second-order valence-corrected chi connectivity index (χ2v) is 8.22. The molecule has 0 aliphatic heterocycles. The van der Waals surface area contributed by atoms with Crippen molar-refractivity contribution in [2.75, 3.05) is 0 Å². The molecule has 3 aromatic rings. The second-order valence-electron chi connectivity index (χ2n) is 7.78. The number of nitrogens with one attached hydrogen (secondary N) is 1. The predicted molar refractivity (Wildman–Crippen MR) is 119 cm³/mol. The van der Waals surface area contributed by atoms with Crippen molar-refractivity contribution < 1.29 is 9.59 Å². The quantitative estimate of drug-likeness (QED) is 0.613. The number of para-hydroxylation sites is 2. The molecule has 30 heavy (non-hydrogen) atoms. The highest BCUT2D eigenvalue weighted by Gasteiger charge is 2.22. The Morgan fingerprint density at radius 1 is 1.03 bits per heavy atom. The molecule has 0 spiro atoms. The second kappa shape index (κ2) is 9.30. The van der Waals surface area contributed by atoms with Gasteiger partial charge in [-0.15, -0.1) is 0 Å². The summed E-state index contributed by atoms with van der Waals surface area (Å²) in [6, 6.07) is 14.6. The molecule has 1 N–H and O–H groups in total. The largest absolute Gasteiger partial charge is 0.345 e. The molecule has 7 heteroatoms. The molecule has 0 atom stereocenters. The van der Waals surface area contributed by atoms with E-state index in [2.05, 4.69) is 10.3 Å². The molecule has 0 fully saturated rings. The number of rotatable bonds is 7. The first-order chi connectivity index (χ1) is 14.3.